The number of nitriles is 1. The summed E-state index contributed by atoms with van der Waals surface area (Å²) in [7, 11) is 0. The van der Waals surface area contributed by atoms with E-state index in [1.54, 1.807) is 36.4 Å². The van der Waals surface area contributed by atoms with Crippen molar-refractivity contribution in [2.45, 2.75) is 12.1 Å². The number of aryl methyl sites for hydroxylation is 1. The van der Waals surface area contributed by atoms with E-state index in [1.165, 1.54) is 0 Å². The highest BCUT2D eigenvalue weighted by Crippen LogP contribution is 2.24. The number of hydrogen-bond donors (Lipinski definition) is 1. The number of Topliss-reactive ketones (excluding diaryl/α,β-unsaturated/α-hetero) is 1. The van der Waals surface area contributed by atoms with Gasteiger partial charge in [-0.05, 0) is 19.1 Å². The number of thioether (sulfide) groups is 1. The van der Waals surface area contributed by atoms with Crippen molar-refractivity contribution >= 4 is 29.1 Å². The number of hydrogen-bond acceptors (Lipinski definition) is 5. The average Bonchev–Trinajstić information content (AvgIpc) is 2.67. The lowest BCUT2D eigenvalue weighted by molar-refractivity contribution is 0.102. The summed E-state index contributed by atoms with van der Waals surface area (Å²) >= 11 is 7.01. The third-order valence-electron chi connectivity index (χ3n) is 3.84. The van der Waals surface area contributed by atoms with Crippen molar-refractivity contribution in [3.8, 4) is 17.3 Å². The van der Waals surface area contributed by atoms with E-state index in [-0.39, 0.29) is 27.9 Å². The van der Waals surface area contributed by atoms with Crippen LogP contribution in [0.3, 0.4) is 0 Å². The Morgan fingerprint density at radius 3 is 2.48 bits per heavy atom. The summed E-state index contributed by atoms with van der Waals surface area (Å²) in [6, 6.07) is 15.9. The van der Waals surface area contributed by atoms with Gasteiger partial charge in [-0.2, -0.15) is 5.26 Å². The van der Waals surface area contributed by atoms with Crippen LogP contribution in [0.2, 0.25) is 5.02 Å². The first-order chi connectivity index (χ1) is 13.0. The quantitative estimate of drug-likeness (QED) is 0.396. The lowest BCUT2D eigenvalue weighted by Gasteiger charge is -2.07. The maximum absolute atomic E-state index is 12.3. The van der Waals surface area contributed by atoms with Gasteiger partial charge in [-0.25, -0.2) is 4.98 Å². The van der Waals surface area contributed by atoms with Gasteiger partial charge in [0, 0.05) is 16.1 Å². The Kier molecular flexibility index (Phi) is 5.75. The van der Waals surface area contributed by atoms with Crippen LogP contribution in [-0.2, 0) is 0 Å². The first-order valence-corrected chi connectivity index (χ1v) is 9.37. The van der Waals surface area contributed by atoms with Crippen LogP contribution < -0.4 is 5.56 Å². The predicted molar refractivity (Wildman–Crippen MR) is 106 cm³/mol. The third-order valence-corrected chi connectivity index (χ3v) is 4.97. The fourth-order valence-electron chi connectivity index (χ4n) is 2.40. The standard InChI is InChI=1S/C20H14ClN3O2S/c1-12-2-4-13(5-3-12)17(25)11-27-20-23-18(16(10-22)19(26)24-20)14-6-8-15(21)9-7-14/h2-9H,11H2,1H3,(H,23,24,26). The number of aromatic nitrogens is 2. The molecule has 7 heteroatoms. The zero-order valence-corrected chi connectivity index (χ0v) is 15.9. The molecule has 2 aromatic carbocycles. The van der Waals surface area contributed by atoms with Crippen molar-refractivity contribution in [1.29, 1.82) is 5.26 Å². The van der Waals surface area contributed by atoms with Gasteiger partial charge >= 0.3 is 0 Å². The third kappa shape index (κ3) is 4.45. The van der Waals surface area contributed by atoms with Crippen molar-refractivity contribution < 1.29 is 4.79 Å². The van der Waals surface area contributed by atoms with Crippen molar-refractivity contribution in [1.82, 2.24) is 9.97 Å². The van der Waals surface area contributed by atoms with E-state index in [0.717, 1.165) is 17.3 Å². The first-order valence-electron chi connectivity index (χ1n) is 8.01. The summed E-state index contributed by atoms with van der Waals surface area (Å²) in [4.78, 5) is 31.5. The van der Waals surface area contributed by atoms with Gasteiger partial charge in [0.15, 0.2) is 10.9 Å². The Balaban J connectivity index is 1.87. The number of ketones is 1. The van der Waals surface area contributed by atoms with Gasteiger partial charge < -0.3 is 4.98 Å². The van der Waals surface area contributed by atoms with Gasteiger partial charge in [0.1, 0.15) is 11.6 Å². The molecule has 134 valence electrons. The number of H-pyrrole nitrogens is 1. The fraction of sp³-hybridized carbons (Fsp3) is 0.100. The monoisotopic (exact) mass is 395 g/mol. The minimum Gasteiger partial charge on any atom is -0.300 e. The van der Waals surface area contributed by atoms with E-state index >= 15 is 0 Å². The SMILES string of the molecule is Cc1ccc(C(=O)CSc2nc(-c3ccc(Cl)cc3)c(C#N)c(=O)[nH]2)cc1. The van der Waals surface area contributed by atoms with Crippen LogP contribution >= 0.6 is 23.4 Å². The maximum atomic E-state index is 12.3. The fourth-order valence-corrected chi connectivity index (χ4v) is 3.28. The van der Waals surface area contributed by atoms with Gasteiger partial charge in [0.05, 0.1) is 11.4 Å². The molecule has 0 atom stereocenters. The molecular weight excluding hydrogens is 382 g/mol. The minimum atomic E-state index is -0.539. The molecule has 0 amide bonds. The number of benzene rings is 2. The number of aromatic amines is 1. The average molecular weight is 396 g/mol. The summed E-state index contributed by atoms with van der Waals surface area (Å²) in [5, 5.41) is 10.1. The second kappa shape index (κ2) is 8.21. The molecule has 1 heterocycles. The molecule has 0 aliphatic carbocycles. The number of halogens is 1. The molecule has 0 spiro atoms. The van der Waals surface area contributed by atoms with E-state index in [9.17, 15) is 14.9 Å². The molecule has 0 saturated carbocycles. The number of nitrogens with zero attached hydrogens (tertiary/aromatic N) is 2. The van der Waals surface area contributed by atoms with Gasteiger partial charge in [-0.1, -0.05) is 65.3 Å². The van der Waals surface area contributed by atoms with Crippen LogP contribution in [0.1, 0.15) is 21.5 Å². The number of rotatable bonds is 5. The van der Waals surface area contributed by atoms with Crippen molar-refractivity contribution in [3.05, 3.63) is 80.6 Å². The van der Waals surface area contributed by atoms with Crippen LogP contribution in [0.25, 0.3) is 11.3 Å². The summed E-state index contributed by atoms with van der Waals surface area (Å²) in [5.41, 5.74) is 1.93. The number of carbonyl (C=O) groups is 1. The summed E-state index contributed by atoms with van der Waals surface area (Å²) in [6.07, 6.45) is 0. The maximum Gasteiger partial charge on any atom is 0.270 e. The van der Waals surface area contributed by atoms with Crippen LogP contribution in [0.15, 0.2) is 58.5 Å². The number of carbonyl (C=O) groups excluding carboxylic acids is 1. The molecule has 0 bridgehead atoms. The van der Waals surface area contributed by atoms with Gasteiger partial charge in [-0.3, -0.25) is 9.59 Å². The second-order valence-electron chi connectivity index (χ2n) is 5.79. The molecule has 27 heavy (non-hydrogen) atoms. The summed E-state index contributed by atoms with van der Waals surface area (Å²) < 4.78 is 0. The molecule has 5 nitrogen and oxygen atoms in total. The van der Waals surface area contributed by atoms with Crippen LogP contribution in [0.5, 0.6) is 0 Å². The van der Waals surface area contributed by atoms with Crippen LogP contribution in [0.4, 0.5) is 0 Å². The van der Waals surface area contributed by atoms with Gasteiger partial charge in [0.25, 0.3) is 5.56 Å². The van der Waals surface area contributed by atoms with Gasteiger partial charge in [0.2, 0.25) is 0 Å². The summed E-state index contributed by atoms with van der Waals surface area (Å²) in [6.45, 7) is 1.95. The highest BCUT2D eigenvalue weighted by molar-refractivity contribution is 7.99. The zero-order valence-electron chi connectivity index (χ0n) is 14.3. The molecule has 3 rings (SSSR count). The Labute approximate surface area is 165 Å². The Morgan fingerprint density at radius 2 is 1.85 bits per heavy atom. The van der Waals surface area contributed by atoms with Crippen molar-refractivity contribution in [3.63, 3.8) is 0 Å². The zero-order chi connectivity index (χ0) is 19.4. The molecule has 0 saturated heterocycles. The molecule has 3 aromatic rings. The van der Waals surface area contributed by atoms with Gasteiger partial charge in [-0.15, -0.1) is 0 Å². The van der Waals surface area contributed by atoms with E-state index in [1.807, 2.05) is 25.1 Å². The molecule has 0 aliphatic rings. The molecule has 0 aliphatic heterocycles. The van der Waals surface area contributed by atoms with Crippen molar-refractivity contribution in [2.75, 3.05) is 5.75 Å². The highest BCUT2D eigenvalue weighted by Gasteiger charge is 2.15. The number of nitrogens with one attached hydrogen (secondary N) is 1. The molecule has 1 aromatic heterocycles. The highest BCUT2D eigenvalue weighted by atomic mass is 35.5. The van der Waals surface area contributed by atoms with E-state index in [0.29, 0.717) is 16.1 Å². The molecule has 1 N–H and O–H groups in total. The first kappa shape index (κ1) is 18.9. The molecule has 0 radical (unpaired) electrons. The summed E-state index contributed by atoms with van der Waals surface area (Å²) in [5.74, 6) is 0.0536. The largest absolute Gasteiger partial charge is 0.300 e. The Bertz CT molecular complexity index is 1080. The van der Waals surface area contributed by atoms with Crippen LogP contribution in [0, 0.1) is 18.3 Å². The predicted octanol–water partition coefficient (Wildman–Crippen LogP) is 4.25. The Hall–Kier alpha value is -2.88. The lowest BCUT2D eigenvalue weighted by Crippen LogP contribution is -2.15. The van der Waals surface area contributed by atoms with Crippen LogP contribution in [-0.4, -0.2) is 21.5 Å². The van der Waals surface area contributed by atoms with E-state index in [2.05, 4.69) is 9.97 Å². The smallest absolute Gasteiger partial charge is 0.270 e. The molecule has 0 unspecified atom stereocenters. The van der Waals surface area contributed by atoms with Crippen molar-refractivity contribution in [2.24, 2.45) is 0 Å². The molecular formula is C20H14ClN3O2S. The molecule has 0 fully saturated rings. The lowest BCUT2D eigenvalue weighted by atomic mass is 10.1. The second-order valence-corrected chi connectivity index (χ2v) is 7.19. The van der Waals surface area contributed by atoms with E-state index in [4.69, 9.17) is 11.6 Å². The Morgan fingerprint density at radius 1 is 1.19 bits per heavy atom. The minimum absolute atomic E-state index is 0.0694. The van der Waals surface area contributed by atoms with E-state index < -0.39 is 5.56 Å². The normalized spacial score (nSPS) is 10.4. The topological polar surface area (TPSA) is 86.6 Å².